The van der Waals surface area contributed by atoms with Crippen LogP contribution < -0.4 is 25.0 Å². The topological polar surface area (TPSA) is 159 Å². The lowest BCUT2D eigenvalue weighted by Gasteiger charge is -2.43. The Morgan fingerprint density at radius 1 is 0.887 bits per heavy atom. The number of sulfonamides is 1. The van der Waals surface area contributed by atoms with Crippen molar-refractivity contribution in [3.05, 3.63) is 59.7 Å². The number of nitrogens with one attached hydrogen (secondary N) is 3. The fourth-order valence-electron chi connectivity index (χ4n) is 7.16. The van der Waals surface area contributed by atoms with Crippen molar-refractivity contribution in [2.75, 3.05) is 73.7 Å². The molecule has 1 saturated carbocycles. The summed E-state index contributed by atoms with van der Waals surface area (Å²) in [5.41, 5.74) is 5.59. The van der Waals surface area contributed by atoms with Gasteiger partial charge in [0, 0.05) is 100 Å². The molecule has 0 atom stereocenters. The standard InChI is InChI=1S/C36H43BrN12O3S/c1-46-14-16-48(17-15-46)24-8-12-49(13-9-24)31-19-32(52-3)30(18-26(31)23-20-41-47(2)22-23)43-36-40-21-27(37)35(44-36)42-29-7-6-28-33(39-11-10-38-28)34(29)45-53(50,51)25-4-5-25/h6-7,10-11,18-22,24-25,45H,4-5,8-9,12-17H2,1-3H3,(H2,40,42,43,44). The Morgan fingerprint density at radius 2 is 1.66 bits per heavy atom. The van der Waals surface area contributed by atoms with Crippen LogP contribution in [0.15, 0.2) is 59.7 Å². The maximum atomic E-state index is 13.1. The molecule has 8 rings (SSSR count). The number of methoxy groups -OCH3 is 1. The number of benzene rings is 2. The van der Waals surface area contributed by atoms with Crippen LogP contribution in [-0.4, -0.2) is 113 Å². The number of nitrogens with zero attached hydrogens (tertiary/aromatic N) is 9. The van der Waals surface area contributed by atoms with Gasteiger partial charge in [0.1, 0.15) is 17.1 Å². The Kier molecular flexibility index (Phi) is 9.82. The van der Waals surface area contributed by atoms with Crippen LogP contribution >= 0.6 is 15.9 Å². The number of anilines is 6. The smallest absolute Gasteiger partial charge is 0.235 e. The maximum Gasteiger partial charge on any atom is 0.235 e. The molecular formula is C36H43BrN12O3S. The highest BCUT2D eigenvalue weighted by Gasteiger charge is 2.37. The number of fused-ring (bicyclic) bond motifs is 1. The summed E-state index contributed by atoms with van der Waals surface area (Å²) in [4.78, 5) is 25.7. The normalized spacial score (nSPS) is 17.6. The molecule has 0 amide bonds. The molecule has 15 nitrogen and oxygen atoms in total. The maximum absolute atomic E-state index is 13.1. The molecule has 2 aromatic carbocycles. The van der Waals surface area contributed by atoms with Crippen molar-refractivity contribution in [3.8, 4) is 16.9 Å². The Morgan fingerprint density at radius 3 is 2.38 bits per heavy atom. The van der Waals surface area contributed by atoms with Gasteiger partial charge in [0.2, 0.25) is 16.0 Å². The van der Waals surface area contributed by atoms with Gasteiger partial charge in [0.05, 0.1) is 45.6 Å². The van der Waals surface area contributed by atoms with E-state index in [2.05, 4.69) is 85.2 Å². The van der Waals surface area contributed by atoms with E-state index in [1.54, 1.807) is 37.8 Å². The second-order valence-corrected chi connectivity index (χ2v) is 16.7. The third kappa shape index (κ3) is 7.60. The molecule has 0 spiro atoms. The number of likely N-dealkylation sites (N-methyl/N-ethyl adjacent to an activating group) is 1. The van der Waals surface area contributed by atoms with Gasteiger partial charge in [-0.15, -0.1) is 0 Å². The van der Waals surface area contributed by atoms with Gasteiger partial charge in [-0.25, -0.2) is 13.4 Å². The summed E-state index contributed by atoms with van der Waals surface area (Å²) < 4.78 is 37.3. The molecule has 278 valence electrons. The first-order chi connectivity index (χ1) is 25.6. The molecule has 3 aromatic heterocycles. The number of rotatable bonds is 11. The number of ether oxygens (including phenoxy) is 1. The van der Waals surface area contributed by atoms with Crippen LogP contribution in [0.3, 0.4) is 0 Å². The fraction of sp³-hybridized carbons (Fsp3) is 0.417. The van der Waals surface area contributed by atoms with Crippen molar-refractivity contribution in [3.63, 3.8) is 0 Å². The van der Waals surface area contributed by atoms with Crippen molar-refractivity contribution in [1.82, 2.24) is 39.5 Å². The third-order valence-corrected chi connectivity index (χ3v) is 12.7. The third-order valence-electron chi connectivity index (χ3n) is 10.3. The van der Waals surface area contributed by atoms with E-state index in [-0.39, 0.29) is 0 Å². The fourth-order valence-corrected chi connectivity index (χ4v) is 8.86. The van der Waals surface area contributed by atoms with Gasteiger partial charge >= 0.3 is 0 Å². The zero-order valence-electron chi connectivity index (χ0n) is 30.0. The van der Waals surface area contributed by atoms with Crippen LogP contribution in [0.5, 0.6) is 5.75 Å². The Labute approximate surface area is 317 Å². The summed E-state index contributed by atoms with van der Waals surface area (Å²) in [6, 6.07) is 8.31. The highest BCUT2D eigenvalue weighted by Crippen LogP contribution is 2.42. The van der Waals surface area contributed by atoms with E-state index in [1.165, 1.54) is 0 Å². The van der Waals surface area contributed by atoms with Crippen LogP contribution in [0.25, 0.3) is 22.2 Å². The van der Waals surface area contributed by atoms with Gasteiger partial charge in [-0.2, -0.15) is 10.1 Å². The molecule has 5 heterocycles. The van der Waals surface area contributed by atoms with Gasteiger partial charge in [0.15, 0.2) is 0 Å². The highest BCUT2D eigenvalue weighted by molar-refractivity contribution is 9.10. The van der Waals surface area contributed by atoms with E-state index >= 15 is 0 Å². The van der Waals surface area contributed by atoms with Crippen LogP contribution in [0.2, 0.25) is 0 Å². The Hall–Kier alpha value is -4.58. The van der Waals surface area contributed by atoms with Gasteiger partial charge in [-0.05, 0) is 66.9 Å². The lowest BCUT2D eigenvalue weighted by atomic mass is 9.98. The van der Waals surface area contributed by atoms with E-state index in [1.807, 2.05) is 24.1 Å². The van der Waals surface area contributed by atoms with Gasteiger partial charge < -0.3 is 25.2 Å². The number of piperazine rings is 1. The highest BCUT2D eigenvalue weighted by atomic mass is 79.9. The minimum atomic E-state index is -3.60. The minimum Gasteiger partial charge on any atom is -0.494 e. The number of aryl methyl sites for hydroxylation is 1. The largest absolute Gasteiger partial charge is 0.494 e. The summed E-state index contributed by atoms with van der Waals surface area (Å²) in [5, 5.41) is 10.8. The van der Waals surface area contributed by atoms with Gasteiger partial charge in [-0.3, -0.25) is 24.3 Å². The van der Waals surface area contributed by atoms with Crippen LogP contribution in [0.4, 0.5) is 34.5 Å². The molecule has 5 aromatic rings. The summed E-state index contributed by atoms with van der Waals surface area (Å²) in [6.45, 7) is 6.40. The first-order valence-electron chi connectivity index (χ1n) is 17.9. The van der Waals surface area contributed by atoms with Gasteiger partial charge in [0.25, 0.3) is 0 Å². The molecule has 17 heteroatoms. The lowest BCUT2D eigenvalue weighted by molar-refractivity contribution is 0.0982. The zero-order valence-corrected chi connectivity index (χ0v) is 32.4. The second kappa shape index (κ2) is 14.7. The van der Waals surface area contributed by atoms with Gasteiger partial charge in [-0.1, -0.05) is 0 Å². The SMILES string of the molecule is COc1cc(N2CCC(N3CCN(C)CC3)CC2)c(-c2cnn(C)c2)cc1Nc1ncc(Br)c(Nc2ccc3nccnc3c2NS(=O)(=O)C2CC2)n1. The Bertz CT molecular complexity index is 2230. The molecule has 0 bridgehead atoms. The van der Waals surface area contributed by atoms with E-state index < -0.39 is 15.3 Å². The first-order valence-corrected chi connectivity index (χ1v) is 20.2. The zero-order chi connectivity index (χ0) is 36.7. The lowest BCUT2D eigenvalue weighted by Crippen LogP contribution is -2.52. The molecule has 0 unspecified atom stereocenters. The molecule has 2 saturated heterocycles. The molecule has 53 heavy (non-hydrogen) atoms. The quantitative estimate of drug-likeness (QED) is 0.160. The number of aromatic nitrogens is 6. The van der Waals surface area contributed by atoms with Crippen molar-refractivity contribution in [2.24, 2.45) is 7.05 Å². The molecule has 3 fully saturated rings. The van der Waals surface area contributed by atoms with Crippen LogP contribution in [0, 0.1) is 0 Å². The number of piperidine rings is 1. The number of halogens is 1. The molecule has 0 radical (unpaired) electrons. The molecule has 2 aliphatic heterocycles. The number of hydrogen-bond donors (Lipinski definition) is 3. The molecule has 3 aliphatic rings. The summed E-state index contributed by atoms with van der Waals surface area (Å²) in [6.07, 6.45) is 12.1. The average molecular weight is 804 g/mol. The van der Waals surface area contributed by atoms with Crippen molar-refractivity contribution in [1.29, 1.82) is 0 Å². The molecule has 3 N–H and O–H groups in total. The second-order valence-electron chi connectivity index (χ2n) is 13.9. The monoisotopic (exact) mass is 802 g/mol. The predicted octanol–water partition coefficient (Wildman–Crippen LogP) is 5.20. The minimum absolute atomic E-state index is 0.313. The van der Waals surface area contributed by atoms with Crippen molar-refractivity contribution < 1.29 is 13.2 Å². The van der Waals surface area contributed by atoms with E-state index in [4.69, 9.17) is 9.72 Å². The van der Waals surface area contributed by atoms with E-state index in [9.17, 15) is 8.42 Å². The van der Waals surface area contributed by atoms with Crippen molar-refractivity contribution in [2.45, 2.75) is 37.0 Å². The predicted molar refractivity (Wildman–Crippen MR) is 211 cm³/mol. The van der Waals surface area contributed by atoms with E-state index in [0.717, 1.165) is 68.9 Å². The van der Waals surface area contributed by atoms with Crippen LogP contribution in [0.1, 0.15) is 25.7 Å². The van der Waals surface area contributed by atoms with Crippen molar-refractivity contribution >= 4 is 71.5 Å². The molecule has 1 aliphatic carbocycles. The summed E-state index contributed by atoms with van der Waals surface area (Å²) in [7, 11) is 2.18. The van der Waals surface area contributed by atoms with E-state index in [0.29, 0.717) is 69.0 Å². The first kappa shape index (κ1) is 35.4. The summed E-state index contributed by atoms with van der Waals surface area (Å²) >= 11 is 3.57. The summed E-state index contributed by atoms with van der Waals surface area (Å²) in [5.74, 6) is 1.39. The average Bonchev–Trinajstić information content (AvgIpc) is 3.95. The molecular weight excluding hydrogens is 760 g/mol. The van der Waals surface area contributed by atoms with Crippen LogP contribution in [-0.2, 0) is 17.1 Å². The Balaban J connectivity index is 1.08. The number of hydrogen-bond acceptors (Lipinski definition) is 13.